The van der Waals surface area contributed by atoms with Crippen LogP contribution in [0.3, 0.4) is 0 Å². The van der Waals surface area contributed by atoms with Crippen molar-refractivity contribution in [3.63, 3.8) is 0 Å². The first kappa shape index (κ1) is 12.1. The van der Waals surface area contributed by atoms with E-state index in [2.05, 4.69) is 6.58 Å². The maximum Gasteiger partial charge on any atom is 0.217 e. The molecule has 0 unspecified atom stereocenters. The SMILES string of the molecule is C=CCS(=O)(=O)N1CCc2cccc(N)c2C1. The van der Waals surface area contributed by atoms with Gasteiger partial charge < -0.3 is 5.73 Å². The number of anilines is 1. The molecule has 0 amide bonds. The number of fused-ring (bicyclic) bond motifs is 1. The summed E-state index contributed by atoms with van der Waals surface area (Å²) in [4.78, 5) is 0. The molecule has 1 aromatic carbocycles. The zero-order chi connectivity index (χ0) is 12.5. The van der Waals surface area contributed by atoms with E-state index in [9.17, 15) is 8.42 Å². The lowest BCUT2D eigenvalue weighted by Gasteiger charge is -2.28. The molecule has 0 saturated heterocycles. The van der Waals surface area contributed by atoms with Crippen molar-refractivity contribution in [1.29, 1.82) is 0 Å². The molecule has 2 N–H and O–H groups in total. The van der Waals surface area contributed by atoms with Crippen LogP contribution in [0.1, 0.15) is 11.1 Å². The lowest BCUT2D eigenvalue weighted by molar-refractivity contribution is 0.394. The number of nitrogens with two attached hydrogens (primary N) is 1. The summed E-state index contributed by atoms with van der Waals surface area (Å²) in [5, 5.41) is 0. The molecular formula is C12H16N2O2S. The summed E-state index contributed by atoms with van der Waals surface area (Å²) in [6.45, 7) is 4.37. The maximum atomic E-state index is 11.9. The van der Waals surface area contributed by atoms with Gasteiger partial charge in [-0.1, -0.05) is 18.2 Å². The highest BCUT2D eigenvalue weighted by molar-refractivity contribution is 7.89. The Kier molecular flexibility index (Phi) is 3.22. The zero-order valence-electron chi connectivity index (χ0n) is 9.59. The highest BCUT2D eigenvalue weighted by atomic mass is 32.2. The van der Waals surface area contributed by atoms with Crippen LogP contribution in [0.25, 0.3) is 0 Å². The standard InChI is InChI=1S/C12H16N2O2S/c1-2-8-17(15,16)14-7-6-10-4-3-5-12(13)11(10)9-14/h2-5H,1,6-9,13H2. The summed E-state index contributed by atoms with van der Waals surface area (Å²) in [6.07, 6.45) is 2.13. The van der Waals surface area contributed by atoms with Gasteiger partial charge in [-0.25, -0.2) is 8.42 Å². The summed E-state index contributed by atoms with van der Waals surface area (Å²) in [6, 6.07) is 5.72. The third-order valence-corrected chi connectivity index (χ3v) is 4.75. The number of hydrogen-bond acceptors (Lipinski definition) is 3. The zero-order valence-corrected chi connectivity index (χ0v) is 10.4. The van der Waals surface area contributed by atoms with Crippen LogP contribution in [0.15, 0.2) is 30.9 Å². The van der Waals surface area contributed by atoms with E-state index < -0.39 is 10.0 Å². The molecule has 0 saturated carbocycles. The molecule has 5 heteroatoms. The Morgan fingerprint density at radius 2 is 2.24 bits per heavy atom. The van der Waals surface area contributed by atoms with Crippen LogP contribution < -0.4 is 5.73 Å². The predicted molar refractivity (Wildman–Crippen MR) is 69.0 cm³/mol. The molecule has 17 heavy (non-hydrogen) atoms. The van der Waals surface area contributed by atoms with Crippen molar-refractivity contribution >= 4 is 15.7 Å². The van der Waals surface area contributed by atoms with Gasteiger partial charge in [0.15, 0.2) is 0 Å². The van der Waals surface area contributed by atoms with Crippen LogP contribution in [-0.2, 0) is 23.0 Å². The van der Waals surface area contributed by atoms with E-state index in [0.29, 0.717) is 18.8 Å². The summed E-state index contributed by atoms with van der Waals surface area (Å²) in [5.41, 5.74) is 8.63. The molecule has 2 rings (SSSR count). The van der Waals surface area contributed by atoms with E-state index >= 15 is 0 Å². The van der Waals surface area contributed by atoms with Crippen LogP contribution in [0.5, 0.6) is 0 Å². The van der Waals surface area contributed by atoms with Crippen LogP contribution in [0.4, 0.5) is 5.69 Å². The number of nitrogens with zero attached hydrogens (tertiary/aromatic N) is 1. The Bertz CT molecular complexity index is 537. The molecule has 1 heterocycles. The molecule has 1 aliphatic heterocycles. The molecule has 4 nitrogen and oxygen atoms in total. The lowest BCUT2D eigenvalue weighted by Crippen LogP contribution is -2.37. The molecule has 1 aromatic rings. The molecule has 0 aromatic heterocycles. The fourth-order valence-corrected chi connectivity index (χ4v) is 3.28. The Labute approximate surface area is 102 Å². The lowest BCUT2D eigenvalue weighted by atomic mass is 10.00. The second kappa shape index (κ2) is 4.50. The maximum absolute atomic E-state index is 11.9. The van der Waals surface area contributed by atoms with Gasteiger partial charge in [0.2, 0.25) is 10.0 Å². The van der Waals surface area contributed by atoms with Crippen molar-refractivity contribution in [1.82, 2.24) is 4.31 Å². The normalized spacial score (nSPS) is 16.5. The quantitative estimate of drug-likeness (QED) is 0.648. The number of nitrogen functional groups attached to an aromatic ring is 1. The average Bonchev–Trinajstić information content (AvgIpc) is 2.29. The molecular weight excluding hydrogens is 236 g/mol. The fourth-order valence-electron chi connectivity index (χ4n) is 2.07. The summed E-state index contributed by atoms with van der Waals surface area (Å²) < 4.78 is 25.3. The molecule has 92 valence electrons. The minimum atomic E-state index is -3.23. The van der Waals surface area contributed by atoms with Crippen LogP contribution in [-0.4, -0.2) is 25.0 Å². The Morgan fingerprint density at radius 1 is 1.47 bits per heavy atom. The highest BCUT2D eigenvalue weighted by Crippen LogP contribution is 2.25. The first-order valence-electron chi connectivity index (χ1n) is 5.49. The first-order valence-corrected chi connectivity index (χ1v) is 7.10. The average molecular weight is 252 g/mol. The minimum Gasteiger partial charge on any atom is -0.398 e. The number of benzene rings is 1. The molecule has 0 radical (unpaired) electrons. The number of sulfonamides is 1. The van der Waals surface area contributed by atoms with Crippen LogP contribution >= 0.6 is 0 Å². The molecule has 0 atom stereocenters. The monoisotopic (exact) mass is 252 g/mol. The number of hydrogen-bond donors (Lipinski definition) is 1. The fraction of sp³-hybridized carbons (Fsp3) is 0.333. The summed E-state index contributed by atoms with van der Waals surface area (Å²) in [7, 11) is -3.23. The summed E-state index contributed by atoms with van der Waals surface area (Å²) >= 11 is 0. The van der Waals surface area contributed by atoms with Crippen molar-refractivity contribution in [2.45, 2.75) is 13.0 Å². The Hall–Kier alpha value is -1.33. The van der Waals surface area contributed by atoms with Gasteiger partial charge in [0, 0.05) is 18.8 Å². The largest absolute Gasteiger partial charge is 0.398 e. The van der Waals surface area contributed by atoms with E-state index in [1.807, 2.05) is 18.2 Å². The van der Waals surface area contributed by atoms with E-state index in [1.54, 1.807) is 0 Å². The van der Waals surface area contributed by atoms with Gasteiger partial charge in [0.1, 0.15) is 0 Å². The number of rotatable bonds is 3. The highest BCUT2D eigenvalue weighted by Gasteiger charge is 2.26. The van der Waals surface area contributed by atoms with Gasteiger partial charge in [0.05, 0.1) is 5.75 Å². The van der Waals surface area contributed by atoms with E-state index in [1.165, 1.54) is 10.4 Å². The third-order valence-electron chi connectivity index (χ3n) is 3.00. The first-order chi connectivity index (χ1) is 8.04. The second-order valence-corrected chi connectivity index (χ2v) is 6.15. The van der Waals surface area contributed by atoms with E-state index in [-0.39, 0.29) is 5.75 Å². The van der Waals surface area contributed by atoms with Crippen molar-refractivity contribution in [3.05, 3.63) is 42.0 Å². The minimum absolute atomic E-state index is 0.0188. The van der Waals surface area contributed by atoms with Crippen molar-refractivity contribution in [2.24, 2.45) is 0 Å². The van der Waals surface area contributed by atoms with E-state index in [0.717, 1.165) is 17.5 Å². The predicted octanol–water partition coefficient (Wildman–Crippen LogP) is 1.14. The van der Waals surface area contributed by atoms with E-state index in [4.69, 9.17) is 5.73 Å². The van der Waals surface area contributed by atoms with Gasteiger partial charge in [-0.05, 0) is 23.6 Å². The molecule has 0 fully saturated rings. The van der Waals surface area contributed by atoms with Crippen LogP contribution in [0.2, 0.25) is 0 Å². The van der Waals surface area contributed by atoms with Gasteiger partial charge in [0.25, 0.3) is 0 Å². The molecule has 1 aliphatic rings. The van der Waals surface area contributed by atoms with Gasteiger partial charge in [-0.3, -0.25) is 0 Å². The second-order valence-electron chi connectivity index (χ2n) is 4.14. The van der Waals surface area contributed by atoms with Crippen molar-refractivity contribution in [2.75, 3.05) is 18.0 Å². The third kappa shape index (κ3) is 2.35. The summed E-state index contributed by atoms with van der Waals surface area (Å²) in [5.74, 6) is -0.0188. The van der Waals surface area contributed by atoms with Gasteiger partial charge in [-0.2, -0.15) is 4.31 Å². The molecule has 0 spiro atoms. The topological polar surface area (TPSA) is 63.4 Å². The van der Waals surface area contributed by atoms with Crippen molar-refractivity contribution in [3.8, 4) is 0 Å². The van der Waals surface area contributed by atoms with Gasteiger partial charge in [-0.15, -0.1) is 6.58 Å². The van der Waals surface area contributed by atoms with Gasteiger partial charge >= 0.3 is 0 Å². The Morgan fingerprint density at radius 3 is 2.94 bits per heavy atom. The van der Waals surface area contributed by atoms with Crippen LogP contribution in [0, 0.1) is 0 Å². The van der Waals surface area contributed by atoms with Crippen molar-refractivity contribution < 1.29 is 8.42 Å². The molecule has 0 bridgehead atoms. The molecule has 0 aliphatic carbocycles. The Balaban J connectivity index is 2.30. The smallest absolute Gasteiger partial charge is 0.217 e.